The first-order chi connectivity index (χ1) is 14.1. The number of aromatic nitrogens is 1. The molecule has 2 aromatic carbocycles. The number of carbonyl (C=O) groups is 1. The highest BCUT2D eigenvalue weighted by Gasteiger charge is 2.29. The van der Waals surface area contributed by atoms with Crippen molar-refractivity contribution < 1.29 is 17.6 Å². The van der Waals surface area contributed by atoms with Crippen molar-refractivity contribution in [2.75, 3.05) is 14.1 Å². The van der Waals surface area contributed by atoms with Crippen molar-refractivity contribution in [3.63, 3.8) is 0 Å². The minimum absolute atomic E-state index is 0.00653. The number of aryl methyl sites for hydroxylation is 1. The van der Waals surface area contributed by atoms with Gasteiger partial charge in [-0.3, -0.25) is 4.79 Å². The molecule has 0 radical (unpaired) electrons. The molecule has 0 N–H and O–H groups in total. The Morgan fingerprint density at radius 2 is 1.83 bits per heavy atom. The molecule has 30 heavy (non-hydrogen) atoms. The largest absolute Gasteiger partial charge is 0.382 e. The number of halogens is 2. The molecule has 3 aromatic rings. The van der Waals surface area contributed by atoms with Crippen molar-refractivity contribution in [3.8, 4) is 6.07 Å². The molecule has 0 aliphatic rings. The highest BCUT2D eigenvalue weighted by atomic mass is 79.9. The standard InChI is InChI=1S/C21H17BrFN3O3S/c1-13-4-6-16(7-5-13)30(28,29)26-19-9-15(22)8-18(23)17(19)10-20(26)21(27)14(11-24)12-25(2)3/h4-10,12H,1-3H3/b14-12+. The topological polar surface area (TPSA) is 83.2 Å². The van der Waals surface area contributed by atoms with Gasteiger partial charge in [-0.25, -0.2) is 16.8 Å². The van der Waals surface area contributed by atoms with Gasteiger partial charge in [0, 0.05) is 30.2 Å². The van der Waals surface area contributed by atoms with Gasteiger partial charge >= 0.3 is 0 Å². The van der Waals surface area contributed by atoms with Crippen LogP contribution in [0.5, 0.6) is 0 Å². The molecule has 0 amide bonds. The third-order valence-electron chi connectivity index (χ3n) is 4.34. The maximum absolute atomic E-state index is 14.6. The predicted molar refractivity (Wildman–Crippen MR) is 115 cm³/mol. The SMILES string of the molecule is Cc1ccc(S(=O)(=O)n2c(C(=O)/C(C#N)=C/N(C)C)cc3c(F)cc(Br)cc32)cc1. The lowest BCUT2D eigenvalue weighted by atomic mass is 10.1. The summed E-state index contributed by atoms with van der Waals surface area (Å²) in [5, 5.41) is 9.37. The molecular formula is C21H17BrFN3O3S. The molecule has 0 aliphatic carbocycles. The number of hydrogen-bond donors (Lipinski definition) is 0. The summed E-state index contributed by atoms with van der Waals surface area (Å²) in [4.78, 5) is 14.5. The fraction of sp³-hybridized carbons (Fsp3) is 0.143. The maximum atomic E-state index is 14.6. The van der Waals surface area contributed by atoms with Gasteiger partial charge in [0.25, 0.3) is 10.0 Å². The quantitative estimate of drug-likeness (QED) is 0.304. The van der Waals surface area contributed by atoms with E-state index in [-0.39, 0.29) is 27.1 Å². The first-order valence-corrected chi connectivity index (χ1v) is 11.0. The lowest BCUT2D eigenvalue weighted by Gasteiger charge is -2.12. The van der Waals surface area contributed by atoms with Crippen molar-refractivity contribution in [1.82, 2.24) is 8.87 Å². The molecule has 1 aromatic heterocycles. The molecule has 0 aliphatic heterocycles. The smallest absolute Gasteiger partial charge is 0.268 e. The van der Waals surface area contributed by atoms with Crippen LogP contribution in [-0.4, -0.2) is 37.2 Å². The van der Waals surface area contributed by atoms with Gasteiger partial charge in [0.1, 0.15) is 23.2 Å². The highest BCUT2D eigenvalue weighted by molar-refractivity contribution is 9.10. The number of carbonyl (C=O) groups excluding carboxylic acids is 1. The van der Waals surface area contributed by atoms with Crippen molar-refractivity contribution in [3.05, 3.63) is 75.8 Å². The summed E-state index contributed by atoms with van der Waals surface area (Å²) >= 11 is 3.17. The summed E-state index contributed by atoms with van der Waals surface area (Å²) in [6.07, 6.45) is 1.29. The van der Waals surface area contributed by atoms with Crippen LogP contribution in [0.3, 0.4) is 0 Å². The van der Waals surface area contributed by atoms with Crippen molar-refractivity contribution in [1.29, 1.82) is 5.26 Å². The van der Waals surface area contributed by atoms with Crippen LogP contribution in [0.25, 0.3) is 10.9 Å². The van der Waals surface area contributed by atoms with Crippen LogP contribution < -0.4 is 0 Å². The van der Waals surface area contributed by atoms with Crippen molar-refractivity contribution in [2.45, 2.75) is 11.8 Å². The predicted octanol–water partition coefficient (Wildman–Crippen LogP) is 4.24. The Hall–Kier alpha value is -2.96. The first-order valence-electron chi connectivity index (χ1n) is 8.72. The monoisotopic (exact) mass is 489 g/mol. The Bertz CT molecular complexity index is 1330. The molecule has 9 heteroatoms. The Morgan fingerprint density at radius 3 is 2.40 bits per heavy atom. The van der Waals surface area contributed by atoms with Crippen LogP contribution in [0.1, 0.15) is 16.1 Å². The summed E-state index contributed by atoms with van der Waals surface area (Å²) < 4.78 is 42.6. The average Bonchev–Trinajstić information content (AvgIpc) is 3.06. The van der Waals surface area contributed by atoms with Crippen molar-refractivity contribution in [2.24, 2.45) is 0 Å². The number of ketones is 1. The van der Waals surface area contributed by atoms with Crippen LogP contribution in [0.2, 0.25) is 0 Å². The number of hydrogen-bond acceptors (Lipinski definition) is 5. The molecule has 6 nitrogen and oxygen atoms in total. The lowest BCUT2D eigenvalue weighted by molar-refractivity contribution is 0.103. The van der Waals surface area contributed by atoms with E-state index >= 15 is 0 Å². The number of fused-ring (bicyclic) bond motifs is 1. The fourth-order valence-electron chi connectivity index (χ4n) is 2.97. The molecule has 0 fully saturated rings. The molecule has 0 saturated carbocycles. The van der Waals surface area contributed by atoms with Gasteiger partial charge in [0.15, 0.2) is 0 Å². The van der Waals surface area contributed by atoms with E-state index in [0.29, 0.717) is 4.47 Å². The van der Waals surface area contributed by atoms with Gasteiger partial charge in [-0.05, 0) is 37.3 Å². The lowest BCUT2D eigenvalue weighted by Crippen LogP contribution is -2.20. The second kappa shape index (κ2) is 8.05. The van der Waals surface area contributed by atoms with Gasteiger partial charge in [0.05, 0.1) is 10.4 Å². The van der Waals surface area contributed by atoms with Crippen LogP contribution in [0.4, 0.5) is 4.39 Å². The minimum Gasteiger partial charge on any atom is -0.382 e. The number of nitrogens with zero attached hydrogens (tertiary/aromatic N) is 3. The van der Waals surface area contributed by atoms with E-state index in [1.807, 2.05) is 6.92 Å². The van der Waals surface area contributed by atoms with Crippen LogP contribution >= 0.6 is 15.9 Å². The van der Waals surface area contributed by atoms with Crippen LogP contribution in [0.15, 0.2) is 63.6 Å². The summed E-state index contributed by atoms with van der Waals surface area (Å²) in [6, 6.07) is 11.6. The molecule has 154 valence electrons. The van der Waals surface area contributed by atoms with E-state index < -0.39 is 21.6 Å². The second-order valence-corrected chi connectivity index (χ2v) is 9.58. The number of Topliss-reactive ketones (excluding diaryl/α,β-unsaturated/α-hetero) is 1. The van der Waals surface area contributed by atoms with E-state index in [0.717, 1.165) is 15.6 Å². The van der Waals surface area contributed by atoms with Gasteiger partial charge in [-0.15, -0.1) is 0 Å². The summed E-state index contributed by atoms with van der Waals surface area (Å²) in [6.45, 7) is 1.81. The Morgan fingerprint density at radius 1 is 1.20 bits per heavy atom. The van der Waals surface area contributed by atoms with Gasteiger partial charge in [0.2, 0.25) is 5.78 Å². The van der Waals surface area contributed by atoms with Crippen LogP contribution in [0, 0.1) is 24.1 Å². The van der Waals surface area contributed by atoms with Crippen molar-refractivity contribution >= 4 is 42.6 Å². The molecule has 0 saturated heterocycles. The molecule has 1 heterocycles. The zero-order valence-electron chi connectivity index (χ0n) is 16.3. The Balaban J connectivity index is 2.39. The Kier molecular flexibility index (Phi) is 5.83. The van der Waals surface area contributed by atoms with E-state index in [1.165, 1.54) is 35.4 Å². The van der Waals surface area contributed by atoms with Gasteiger partial charge in [-0.2, -0.15) is 5.26 Å². The molecule has 3 rings (SSSR count). The molecule has 0 spiro atoms. The molecule has 0 unspecified atom stereocenters. The minimum atomic E-state index is -4.26. The summed E-state index contributed by atoms with van der Waals surface area (Å²) in [5.74, 6) is -1.52. The number of benzene rings is 2. The fourth-order valence-corrected chi connectivity index (χ4v) is 4.89. The summed E-state index contributed by atoms with van der Waals surface area (Å²) in [7, 11) is -1.01. The zero-order valence-corrected chi connectivity index (χ0v) is 18.8. The third kappa shape index (κ3) is 3.88. The van der Waals surface area contributed by atoms with E-state index in [2.05, 4.69) is 15.9 Å². The summed E-state index contributed by atoms with van der Waals surface area (Å²) in [5.41, 5.74) is 0.255. The average molecular weight is 490 g/mol. The van der Waals surface area contributed by atoms with Gasteiger partial charge in [-0.1, -0.05) is 33.6 Å². The Labute approximate surface area is 182 Å². The maximum Gasteiger partial charge on any atom is 0.268 e. The molecular weight excluding hydrogens is 473 g/mol. The first kappa shape index (κ1) is 21.7. The number of allylic oxidation sites excluding steroid dienone is 1. The van der Waals surface area contributed by atoms with E-state index in [1.54, 1.807) is 32.3 Å². The van der Waals surface area contributed by atoms with E-state index in [4.69, 9.17) is 0 Å². The zero-order chi connectivity index (χ0) is 22.2. The van der Waals surface area contributed by atoms with E-state index in [9.17, 15) is 22.9 Å². The number of rotatable bonds is 5. The third-order valence-corrected chi connectivity index (χ3v) is 6.54. The molecule has 0 bridgehead atoms. The normalized spacial score (nSPS) is 12.1. The molecule has 0 atom stereocenters. The second-order valence-electron chi connectivity index (χ2n) is 6.88. The number of nitriles is 1. The highest BCUT2D eigenvalue weighted by Crippen LogP contribution is 2.31. The van der Waals surface area contributed by atoms with Crippen LogP contribution in [-0.2, 0) is 10.0 Å². The van der Waals surface area contributed by atoms with Gasteiger partial charge < -0.3 is 4.90 Å².